The van der Waals surface area contributed by atoms with E-state index >= 15 is 0 Å². The number of nitrogens with zero attached hydrogens (tertiary/aromatic N) is 5. The number of nitrogens with two attached hydrogens (primary N) is 1. The lowest BCUT2D eigenvalue weighted by Crippen LogP contribution is -2.47. The zero-order valence-corrected chi connectivity index (χ0v) is 15.8. The number of hydrogen-bond acceptors (Lipinski definition) is 7. The number of fused-ring (bicyclic) bond motifs is 1. The van der Waals surface area contributed by atoms with Crippen molar-refractivity contribution in [3.8, 4) is 11.3 Å². The van der Waals surface area contributed by atoms with Crippen molar-refractivity contribution in [1.29, 1.82) is 0 Å². The Labute approximate surface area is 156 Å². The van der Waals surface area contributed by atoms with Crippen LogP contribution in [0.3, 0.4) is 0 Å². The molecule has 2 heterocycles. The summed E-state index contributed by atoms with van der Waals surface area (Å²) in [7, 11) is -2.13. The van der Waals surface area contributed by atoms with Gasteiger partial charge in [-0.05, 0) is 37.5 Å². The van der Waals surface area contributed by atoms with E-state index in [0.29, 0.717) is 29.7 Å². The normalized spacial score (nSPS) is 20.1. The molecule has 0 spiro atoms. The van der Waals surface area contributed by atoms with E-state index in [1.165, 1.54) is 10.6 Å². The quantitative estimate of drug-likeness (QED) is 0.677. The van der Waals surface area contributed by atoms with Gasteiger partial charge >= 0.3 is 0 Å². The summed E-state index contributed by atoms with van der Waals surface area (Å²) >= 11 is 0. The van der Waals surface area contributed by atoms with Crippen LogP contribution in [-0.4, -0.2) is 56.6 Å². The van der Waals surface area contributed by atoms with E-state index in [4.69, 9.17) is 5.73 Å². The summed E-state index contributed by atoms with van der Waals surface area (Å²) in [6.45, 7) is 1.89. The van der Waals surface area contributed by atoms with E-state index in [1.807, 2.05) is 6.92 Å². The lowest BCUT2D eigenvalue weighted by molar-refractivity contribution is 0.0396. The molecule has 3 aromatic rings. The molecule has 1 fully saturated rings. The second-order valence-corrected chi connectivity index (χ2v) is 8.80. The zero-order chi connectivity index (χ0) is 19.3. The van der Waals surface area contributed by atoms with Crippen LogP contribution in [0.25, 0.3) is 16.9 Å². The van der Waals surface area contributed by atoms with E-state index in [0.717, 1.165) is 5.56 Å². The third kappa shape index (κ3) is 2.85. The van der Waals surface area contributed by atoms with Gasteiger partial charge in [0.25, 0.3) is 0 Å². The first-order chi connectivity index (χ1) is 12.8. The molecule has 142 valence electrons. The third-order valence-corrected chi connectivity index (χ3v) is 7.00. The van der Waals surface area contributed by atoms with Gasteiger partial charge in [-0.3, -0.25) is 0 Å². The Morgan fingerprint density at radius 3 is 2.74 bits per heavy atom. The van der Waals surface area contributed by atoms with Crippen molar-refractivity contribution in [1.82, 2.24) is 23.9 Å². The Kier molecular flexibility index (Phi) is 4.13. The molecule has 10 heteroatoms. The number of aliphatic hydroxyl groups excluding tert-OH is 1. The Bertz CT molecular complexity index is 1120. The van der Waals surface area contributed by atoms with E-state index in [9.17, 15) is 13.5 Å². The molecule has 1 saturated carbocycles. The average Bonchev–Trinajstić information content (AvgIpc) is 3.04. The van der Waals surface area contributed by atoms with E-state index < -0.39 is 16.1 Å². The minimum absolute atomic E-state index is 0.182. The first-order valence-corrected chi connectivity index (χ1v) is 9.94. The first-order valence-electron chi connectivity index (χ1n) is 8.50. The molecule has 2 aromatic heterocycles. The highest BCUT2D eigenvalue weighted by atomic mass is 32.2. The van der Waals surface area contributed by atoms with Gasteiger partial charge in [-0.25, -0.2) is 22.9 Å². The van der Waals surface area contributed by atoms with Crippen LogP contribution in [0.5, 0.6) is 0 Å². The van der Waals surface area contributed by atoms with Gasteiger partial charge in [0, 0.05) is 18.7 Å². The molecule has 3 N–H and O–H groups in total. The average molecular weight is 388 g/mol. The van der Waals surface area contributed by atoms with Crippen LogP contribution in [0, 0.1) is 6.92 Å². The lowest BCUT2D eigenvalue weighted by atomic mass is 9.90. The number of aryl methyl sites for hydroxylation is 1. The zero-order valence-electron chi connectivity index (χ0n) is 14.9. The summed E-state index contributed by atoms with van der Waals surface area (Å²) in [5.41, 5.74) is 8.47. The van der Waals surface area contributed by atoms with E-state index in [2.05, 4.69) is 15.1 Å². The predicted molar refractivity (Wildman–Crippen MR) is 99.3 cm³/mol. The number of imidazole rings is 1. The molecule has 0 bridgehead atoms. The molecular weight excluding hydrogens is 368 g/mol. The van der Waals surface area contributed by atoms with Gasteiger partial charge < -0.3 is 10.8 Å². The predicted octanol–water partition coefficient (Wildman–Crippen LogP) is 0.826. The molecule has 4 rings (SSSR count). The van der Waals surface area contributed by atoms with Crippen LogP contribution in [0.1, 0.15) is 18.4 Å². The Balaban J connectivity index is 1.79. The fourth-order valence-electron chi connectivity index (χ4n) is 3.27. The topological polar surface area (TPSA) is 127 Å². The summed E-state index contributed by atoms with van der Waals surface area (Å²) < 4.78 is 28.9. The smallest absolute Gasteiger partial charge is 0.243 e. The van der Waals surface area contributed by atoms with Gasteiger partial charge in [0.15, 0.2) is 11.5 Å². The Morgan fingerprint density at radius 2 is 2.04 bits per heavy atom. The molecule has 0 radical (unpaired) electrons. The second-order valence-electron chi connectivity index (χ2n) is 6.80. The minimum Gasteiger partial charge on any atom is -0.393 e. The highest BCUT2D eigenvalue weighted by molar-refractivity contribution is 7.89. The largest absolute Gasteiger partial charge is 0.393 e. The number of rotatable bonds is 4. The van der Waals surface area contributed by atoms with Gasteiger partial charge in [-0.2, -0.15) is 9.40 Å². The minimum atomic E-state index is -3.68. The molecule has 0 atom stereocenters. The number of hydrogen-bond donors (Lipinski definition) is 2. The van der Waals surface area contributed by atoms with Crippen LogP contribution >= 0.6 is 0 Å². The van der Waals surface area contributed by atoms with Gasteiger partial charge in [-0.15, -0.1) is 0 Å². The molecule has 1 aliphatic carbocycles. The molecule has 1 aromatic carbocycles. The first kappa shape index (κ1) is 17.8. The van der Waals surface area contributed by atoms with Crippen molar-refractivity contribution in [2.75, 3.05) is 12.8 Å². The Hall–Kier alpha value is -2.56. The van der Waals surface area contributed by atoms with Gasteiger partial charge in [0.2, 0.25) is 10.0 Å². The van der Waals surface area contributed by atoms with Crippen LogP contribution in [0.4, 0.5) is 5.82 Å². The monoisotopic (exact) mass is 388 g/mol. The van der Waals surface area contributed by atoms with Gasteiger partial charge in [0.05, 0.1) is 22.9 Å². The SMILES string of the molecule is Cc1ccc(S(=O)(=O)N(C)[C@H]2C[C@H](O)C2)cc1-c1cnc2c(N)ncnn12. The van der Waals surface area contributed by atoms with Crippen molar-refractivity contribution < 1.29 is 13.5 Å². The standard InChI is InChI=1S/C17H20N6O3S/c1-10-3-4-13(27(25,26)22(2)11-5-12(24)6-11)7-14(10)15-8-19-17-16(18)20-9-21-23(15)17/h3-4,7-9,11-12,24H,5-6H2,1-2H3,(H2,18,20,21)/t11-,12-. The van der Waals surface area contributed by atoms with Crippen molar-refractivity contribution in [3.63, 3.8) is 0 Å². The maximum Gasteiger partial charge on any atom is 0.243 e. The molecule has 0 saturated heterocycles. The summed E-state index contributed by atoms with van der Waals surface area (Å²) in [5.74, 6) is 0.251. The fraction of sp³-hybridized carbons (Fsp3) is 0.353. The lowest BCUT2D eigenvalue weighted by Gasteiger charge is -2.37. The summed E-state index contributed by atoms with van der Waals surface area (Å²) in [4.78, 5) is 8.35. The molecule has 0 aliphatic heterocycles. The maximum absolute atomic E-state index is 13.0. The summed E-state index contributed by atoms with van der Waals surface area (Å²) in [5, 5.41) is 13.7. The number of benzene rings is 1. The molecule has 0 amide bonds. The van der Waals surface area contributed by atoms with E-state index in [1.54, 1.807) is 36.0 Å². The number of nitrogen functional groups attached to an aromatic ring is 1. The number of anilines is 1. The molecule has 27 heavy (non-hydrogen) atoms. The molecule has 0 unspecified atom stereocenters. The van der Waals surface area contributed by atoms with Crippen molar-refractivity contribution >= 4 is 21.5 Å². The third-order valence-electron chi connectivity index (χ3n) is 5.10. The van der Waals surface area contributed by atoms with Crippen LogP contribution in [0.2, 0.25) is 0 Å². The summed E-state index contributed by atoms with van der Waals surface area (Å²) in [6, 6.07) is 4.79. The second kappa shape index (κ2) is 6.25. The molecule has 9 nitrogen and oxygen atoms in total. The van der Waals surface area contributed by atoms with E-state index in [-0.39, 0.29) is 16.8 Å². The molecule has 1 aliphatic rings. The van der Waals surface area contributed by atoms with Gasteiger partial charge in [0.1, 0.15) is 6.33 Å². The highest BCUT2D eigenvalue weighted by Gasteiger charge is 2.37. The number of aromatic nitrogens is 4. The Morgan fingerprint density at radius 1 is 1.30 bits per heavy atom. The molecular formula is C17H20N6O3S. The van der Waals surface area contributed by atoms with Crippen molar-refractivity contribution in [2.45, 2.75) is 36.8 Å². The number of sulfonamides is 1. The van der Waals surface area contributed by atoms with Crippen LogP contribution in [-0.2, 0) is 10.0 Å². The van der Waals surface area contributed by atoms with Crippen LogP contribution < -0.4 is 5.73 Å². The van der Waals surface area contributed by atoms with Gasteiger partial charge in [-0.1, -0.05) is 6.07 Å². The van der Waals surface area contributed by atoms with Crippen LogP contribution in [0.15, 0.2) is 35.6 Å². The summed E-state index contributed by atoms with van der Waals surface area (Å²) in [6.07, 6.45) is 3.42. The van der Waals surface area contributed by atoms with Crippen molar-refractivity contribution in [2.24, 2.45) is 0 Å². The highest BCUT2D eigenvalue weighted by Crippen LogP contribution is 2.32. The number of aliphatic hydroxyl groups is 1. The fourth-order valence-corrected chi connectivity index (χ4v) is 4.68. The van der Waals surface area contributed by atoms with Crippen molar-refractivity contribution in [3.05, 3.63) is 36.3 Å². The maximum atomic E-state index is 13.0.